The second kappa shape index (κ2) is 8.11. The monoisotopic (exact) mass is 238 g/mol. The van der Waals surface area contributed by atoms with E-state index in [4.69, 9.17) is 5.11 Å². The van der Waals surface area contributed by atoms with Gasteiger partial charge in [-0.1, -0.05) is 25.0 Å². The number of hydrogen-bond donors (Lipinski definition) is 1. The molecule has 0 bridgehead atoms. The van der Waals surface area contributed by atoms with E-state index in [0.717, 1.165) is 32.1 Å². The average Bonchev–Trinajstić information content (AvgIpc) is 2.74. The van der Waals surface area contributed by atoms with Crippen molar-refractivity contribution in [1.82, 2.24) is 0 Å². The molecular formula is C13H18O2S. The van der Waals surface area contributed by atoms with Gasteiger partial charge in [0.05, 0.1) is 0 Å². The average molecular weight is 238 g/mol. The fraction of sp³-hybridized carbons (Fsp3) is 0.462. The predicted octanol–water partition coefficient (Wildman–Crippen LogP) is 4.19. The first kappa shape index (κ1) is 13.0. The van der Waals surface area contributed by atoms with Crippen molar-refractivity contribution in [2.45, 2.75) is 38.5 Å². The zero-order valence-electron chi connectivity index (χ0n) is 9.39. The lowest BCUT2D eigenvalue weighted by atomic mass is 10.1. The van der Waals surface area contributed by atoms with Gasteiger partial charge in [-0.2, -0.15) is 0 Å². The summed E-state index contributed by atoms with van der Waals surface area (Å²) in [6, 6.07) is 4.16. The Morgan fingerprint density at radius 2 is 2.12 bits per heavy atom. The van der Waals surface area contributed by atoms with Gasteiger partial charge in [0.1, 0.15) is 0 Å². The molecule has 0 saturated carbocycles. The Kier molecular flexibility index (Phi) is 6.58. The first-order valence-electron chi connectivity index (χ1n) is 5.71. The van der Waals surface area contributed by atoms with E-state index in [2.05, 4.69) is 29.7 Å². The third kappa shape index (κ3) is 6.40. The third-order valence-corrected chi connectivity index (χ3v) is 3.17. The maximum absolute atomic E-state index is 10.3. The smallest absolute Gasteiger partial charge is 0.303 e. The number of hydrogen-bond acceptors (Lipinski definition) is 2. The molecule has 0 aromatic carbocycles. The minimum atomic E-state index is -0.683. The van der Waals surface area contributed by atoms with Crippen LogP contribution >= 0.6 is 11.3 Å². The van der Waals surface area contributed by atoms with Gasteiger partial charge < -0.3 is 5.11 Å². The Bertz CT molecular complexity index is 315. The van der Waals surface area contributed by atoms with Crippen LogP contribution in [0.5, 0.6) is 0 Å². The lowest BCUT2D eigenvalue weighted by Gasteiger charge is -1.96. The standard InChI is InChI=1S/C13H18O2S/c14-13(15)10-6-4-2-1-3-5-8-12-9-7-11-16-12/h5,7-9,11H,1-4,6,10H2,(H,14,15). The molecule has 0 aliphatic carbocycles. The molecule has 0 unspecified atom stereocenters. The first-order valence-corrected chi connectivity index (χ1v) is 6.59. The summed E-state index contributed by atoms with van der Waals surface area (Å²) >= 11 is 1.75. The van der Waals surface area contributed by atoms with E-state index < -0.39 is 5.97 Å². The van der Waals surface area contributed by atoms with Gasteiger partial charge in [-0.15, -0.1) is 11.3 Å². The van der Waals surface area contributed by atoms with E-state index in [1.165, 1.54) is 4.88 Å². The SMILES string of the molecule is O=C(O)CCCCCCC=Cc1cccs1. The van der Waals surface area contributed by atoms with Gasteiger partial charge in [-0.25, -0.2) is 0 Å². The molecule has 0 saturated heterocycles. The molecule has 0 aliphatic heterocycles. The fourth-order valence-electron chi connectivity index (χ4n) is 1.48. The van der Waals surface area contributed by atoms with Gasteiger partial charge in [0.15, 0.2) is 0 Å². The lowest BCUT2D eigenvalue weighted by Crippen LogP contribution is -1.93. The number of allylic oxidation sites excluding steroid dienone is 1. The molecule has 1 aromatic heterocycles. The molecule has 16 heavy (non-hydrogen) atoms. The van der Waals surface area contributed by atoms with Crippen molar-refractivity contribution in [2.75, 3.05) is 0 Å². The summed E-state index contributed by atoms with van der Waals surface area (Å²) in [5.41, 5.74) is 0. The van der Waals surface area contributed by atoms with E-state index in [9.17, 15) is 4.79 Å². The van der Waals surface area contributed by atoms with E-state index >= 15 is 0 Å². The summed E-state index contributed by atoms with van der Waals surface area (Å²) in [5.74, 6) is -0.683. The second-order valence-corrected chi connectivity index (χ2v) is 4.74. The van der Waals surface area contributed by atoms with Crippen LogP contribution in [0, 0.1) is 0 Å². The largest absolute Gasteiger partial charge is 0.481 e. The van der Waals surface area contributed by atoms with Crippen molar-refractivity contribution in [3.05, 3.63) is 28.5 Å². The van der Waals surface area contributed by atoms with E-state index in [-0.39, 0.29) is 0 Å². The second-order valence-electron chi connectivity index (χ2n) is 3.76. The van der Waals surface area contributed by atoms with Crippen molar-refractivity contribution in [3.8, 4) is 0 Å². The van der Waals surface area contributed by atoms with Gasteiger partial charge in [0.2, 0.25) is 0 Å². The van der Waals surface area contributed by atoms with Crippen LogP contribution < -0.4 is 0 Å². The van der Waals surface area contributed by atoms with Gasteiger partial charge in [-0.05, 0) is 36.8 Å². The molecule has 0 fully saturated rings. The minimum Gasteiger partial charge on any atom is -0.481 e. The fourth-order valence-corrected chi connectivity index (χ4v) is 2.12. The molecule has 0 spiro atoms. The van der Waals surface area contributed by atoms with E-state index in [1.807, 2.05) is 0 Å². The highest BCUT2D eigenvalue weighted by atomic mass is 32.1. The highest BCUT2D eigenvalue weighted by Crippen LogP contribution is 2.12. The van der Waals surface area contributed by atoms with Crippen LogP contribution in [-0.2, 0) is 4.79 Å². The molecule has 0 amide bonds. The maximum Gasteiger partial charge on any atom is 0.303 e. The first-order chi connectivity index (χ1) is 7.79. The Balaban J connectivity index is 1.94. The van der Waals surface area contributed by atoms with Crippen LogP contribution in [-0.4, -0.2) is 11.1 Å². The number of thiophene rings is 1. The number of carbonyl (C=O) groups is 1. The van der Waals surface area contributed by atoms with Crippen LogP contribution in [0.2, 0.25) is 0 Å². The van der Waals surface area contributed by atoms with Gasteiger partial charge >= 0.3 is 5.97 Å². The van der Waals surface area contributed by atoms with Gasteiger partial charge in [-0.3, -0.25) is 4.79 Å². The number of aliphatic carboxylic acids is 1. The maximum atomic E-state index is 10.3. The molecule has 1 aromatic rings. The van der Waals surface area contributed by atoms with E-state index in [0.29, 0.717) is 6.42 Å². The van der Waals surface area contributed by atoms with Crippen molar-refractivity contribution in [2.24, 2.45) is 0 Å². The highest BCUT2D eigenvalue weighted by Gasteiger charge is 1.95. The van der Waals surface area contributed by atoms with Crippen LogP contribution in [0.4, 0.5) is 0 Å². The van der Waals surface area contributed by atoms with Crippen LogP contribution in [0.3, 0.4) is 0 Å². The van der Waals surface area contributed by atoms with Crippen molar-refractivity contribution in [3.63, 3.8) is 0 Å². The van der Waals surface area contributed by atoms with Crippen LogP contribution in [0.25, 0.3) is 6.08 Å². The Labute approximate surface area is 101 Å². The van der Waals surface area contributed by atoms with Crippen molar-refractivity contribution < 1.29 is 9.90 Å². The molecule has 3 heteroatoms. The summed E-state index contributed by atoms with van der Waals surface area (Å²) in [4.78, 5) is 11.6. The minimum absolute atomic E-state index is 0.311. The quantitative estimate of drug-likeness (QED) is 0.690. The molecular weight excluding hydrogens is 220 g/mol. The summed E-state index contributed by atoms with van der Waals surface area (Å²) < 4.78 is 0. The third-order valence-electron chi connectivity index (χ3n) is 2.34. The summed E-state index contributed by atoms with van der Waals surface area (Å²) in [5, 5.41) is 10.5. The van der Waals surface area contributed by atoms with Crippen molar-refractivity contribution in [1.29, 1.82) is 0 Å². The van der Waals surface area contributed by atoms with Crippen LogP contribution in [0.15, 0.2) is 23.6 Å². The summed E-state index contributed by atoms with van der Waals surface area (Å²) in [6.07, 6.45) is 9.87. The highest BCUT2D eigenvalue weighted by molar-refractivity contribution is 7.10. The normalized spacial score (nSPS) is 11.0. The van der Waals surface area contributed by atoms with Crippen molar-refractivity contribution >= 4 is 23.4 Å². The molecule has 0 atom stereocenters. The molecule has 88 valence electrons. The predicted molar refractivity (Wildman–Crippen MR) is 68.7 cm³/mol. The van der Waals surface area contributed by atoms with E-state index in [1.54, 1.807) is 11.3 Å². The number of carboxylic acid groups (broad SMARTS) is 1. The number of unbranched alkanes of at least 4 members (excludes halogenated alkanes) is 4. The lowest BCUT2D eigenvalue weighted by molar-refractivity contribution is -0.137. The molecule has 0 radical (unpaired) electrons. The zero-order chi connectivity index (χ0) is 11.6. The molecule has 0 aliphatic rings. The summed E-state index contributed by atoms with van der Waals surface area (Å²) in [6.45, 7) is 0. The Hall–Kier alpha value is -1.09. The topological polar surface area (TPSA) is 37.3 Å². The molecule has 1 rings (SSSR count). The van der Waals surface area contributed by atoms with Crippen LogP contribution in [0.1, 0.15) is 43.4 Å². The number of rotatable bonds is 8. The zero-order valence-corrected chi connectivity index (χ0v) is 10.2. The molecule has 1 heterocycles. The summed E-state index contributed by atoms with van der Waals surface area (Å²) in [7, 11) is 0. The number of carboxylic acids is 1. The Morgan fingerprint density at radius 1 is 1.31 bits per heavy atom. The Morgan fingerprint density at radius 3 is 2.81 bits per heavy atom. The van der Waals surface area contributed by atoms with Gasteiger partial charge in [0.25, 0.3) is 0 Å². The molecule has 1 N–H and O–H groups in total. The molecule has 2 nitrogen and oxygen atoms in total. The van der Waals surface area contributed by atoms with Gasteiger partial charge in [0, 0.05) is 11.3 Å².